The number of nitrogens with two attached hydrogens (primary N) is 2. The van der Waals surface area contributed by atoms with Crippen LogP contribution in [-0.2, 0) is 20.8 Å². The first-order valence-corrected chi connectivity index (χ1v) is 11.1. The maximum atomic E-state index is 13.2. The van der Waals surface area contributed by atoms with Crippen molar-refractivity contribution in [3.63, 3.8) is 0 Å². The summed E-state index contributed by atoms with van der Waals surface area (Å²) in [4.78, 5) is 27.1. The Labute approximate surface area is 165 Å². The highest BCUT2D eigenvalue weighted by Gasteiger charge is 2.50. The van der Waals surface area contributed by atoms with Gasteiger partial charge in [-0.2, -0.15) is 13.2 Å². The number of rotatable bonds is 10. The lowest BCUT2D eigenvalue weighted by Crippen LogP contribution is -2.63. The summed E-state index contributed by atoms with van der Waals surface area (Å²) >= 11 is 0.385. The Morgan fingerprint density at radius 3 is 2.07 bits per heavy atom. The molecule has 160 valence electrons. The Hall–Kier alpha value is -1.53. The average Bonchev–Trinajstić information content (AvgIpc) is 2.95. The van der Waals surface area contributed by atoms with Crippen molar-refractivity contribution in [3.05, 3.63) is 15.6 Å². The van der Waals surface area contributed by atoms with Crippen molar-refractivity contribution in [2.75, 3.05) is 5.75 Å². The molecule has 0 aliphatic carbocycles. The van der Waals surface area contributed by atoms with Crippen LogP contribution in [0.1, 0.15) is 59.9 Å². The van der Waals surface area contributed by atoms with E-state index in [2.05, 4.69) is 4.98 Å². The molecule has 0 radical (unpaired) electrons. The van der Waals surface area contributed by atoms with Crippen molar-refractivity contribution in [1.82, 2.24) is 4.98 Å². The molecule has 28 heavy (non-hydrogen) atoms. The highest BCUT2D eigenvalue weighted by atomic mass is 32.2. The molecule has 12 heteroatoms. The van der Waals surface area contributed by atoms with Crippen molar-refractivity contribution in [3.8, 4) is 0 Å². The molecule has 1 unspecified atom stereocenters. The van der Waals surface area contributed by atoms with Crippen molar-refractivity contribution >= 4 is 32.9 Å². The minimum atomic E-state index is -4.97. The Morgan fingerprint density at radius 1 is 1.18 bits per heavy atom. The zero-order valence-electron chi connectivity index (χ0n) is 15.8. The Balaban J connectivity index is 3.44. The van der Waals surface area contributed by atoms with Crippen molar-refractivity contribution in [1.29, 1.82) is 0 Å². The number of ketones is 1. The lowest BCUT2D eigenvalue weighted by Gasteiger charge is -2.27. The number of carbonyl (C=O) groups is 2. The number of primary amides is 1. The number of halogens is 3. The van der Waals surface area contributed by atoms with E-state index >= 15 is 0 Å². The van der Waals surface area contributed by atoms with Gasteiger partial charge in [-0.25, -0.2) is 13.4 Å². The Bertz CT molecular complexity index is 831. The lowest BCUT2D eigenvalue weighted by atomic mass is 9.94. The van der Waals surface area contributed by atoms with Gasteiger partial charge in [0.2, 0.25) is 11.7 Å². The van der Waals surface area contributed by atoms with E-state index < -0.39 is 54.8 Å². The number of thiazole rings is 1. The maximum absolute atomic E-state index is 13.2. The number of hydrogen-bond acceptors (Lipinski definition) is 7. The number of Topliss-reactive ketones (excluding diaryl/α,β-unsaturated/α-hetero) is 1. The standard InChI is InChI=1S/C16H24F3N3O4S2/c1-4-6-10(7-5-2)28(25,26)8-15(21,14(20)24)13(23)11-12(16(17,18)19)22-9(3)27-11/h10H,4-8,21H2,1-3H3,(H2,20,24). The summed E-state index contributed by atoms with van der Waals surface area (Å²) in [5.41, 5.74) is 6.62. The molecule has 4 N–H and O–H groups in total. The smallest absolute Gasteiger partial charge is 0.368 e. The quantitative estimate of drug-likeness (QED) is 0.421. The summed E-state index contributed by atoms with van der Waals surface area (Å²) in [5.74, 6) is -4.16. The molecule has 1 atom stereocenters. The van der Waals surface area contributed by atoms with E-state index in [1.54, 1.807) is 13.8 Å². The second kappa shape index (κ2) is 8.87. The van der Waals surface area contributed by atoms with Crippen LogP contribution in [0.3, 0.4) is 0 Å². The third-order valence-electron chi connectivity index (χ3n) is 4.21. The number of aryl methyl sites for hydroxylation is 1. The number of nitrogens with zero attached hydrogens (tertiary/aromatic N) is 1. The lowest BCUT2D eigenvalue weighted by molar-refractivity contribution is -0.141. The van der Waals surface area contributed by atoms with Crippen LogP contribution >= 0.6 is 11.3 Å². The molecule has 0 bridgehead atoms. The van der Waals surface area contributed by atoms with E-state index in [1.165, 1.54) is 6.92 Å². The van der Waals surface area contributed by atoms with E-state index in [0.29, 0.717) is 24.2 Å². The van der Waals surface area contributed by atoms with Gasteiger partial charge in [0, 0.05) is 0 Å². The summed E-state index contributed by atoms with van der Waals surface area (Å²) in [5, 5.41) is -0.956. The SMILES string of the molecule is CCCC(CCC)S(=O)(=O)CC(N)(C(N)=O)C(=O)c1sc(C)nc1C(F)(F)F. The summed E-state index contributed by atoms with van der Waals surface area (Å²) in [6.07, 6.45) is -3.38. The van der Waals surface area contributed by atoms with Crippen molar-refractivity contribution < 1.29 is 31.2 Å². The number of alkyl halides is 3. The fraction of sp³-hybridized carbons (Fsp3) is 0.688. The molecular formula is C16H24F3N3O4S2. The molecule has 0 spiro atoms. The van der Waals surface area contributed by atoms with Crippen LogP contribution in [0.2, 0.25) is 0 Å². The van der Waals surface area contributed by atoms with Gasteiger partial charge in [-0.15, -0.1) is 11.3 Å². The summed E-state index contributed by atoms with van der Waals surface area (Å²) in [6, 6.07) is 0. The molecule has 1 aromatic heterocycles. The number of carbonyl (C=O) groups excluding carboxylic acids is 2. The minimum Gasteiger partial charge on any atom is -0.368 e. The average molecular weight is 444 g/mol. The largest absolute Gasteiger partial charge is 0.434 e. The first-order valence-electron chi connectivity index (χ1n) is 8.60. The highest BCUT2D eigenvalue weighted by molar-refractivity contribution is 7.92. The van der Waals surface area contributed by atoms with E-state index in [4.69, 9.17) is 11.5 Å². The van der Waals surface area contributed by atoms with Gasteiger partial charge in [0.1, 0.15) is 4.88 Å². The first kappa shape index (κ1) is 24.5. The molecule has 0 aromatic carbocycles. The van der Waals surface area contributed by atoms with Gasteiger partial charge in [-0.05, 0) is 19.8 Å². The second-order valence-corrected chi connectivity index (χ2v) is 10.1. The summed E-state index contributed by atoms with van der Waals surface area (Å²) in [7, 11) is -4.09. The van der Waals surface area contributed by atoms with Gasteiger partial charge in [0.15, 0.2) is 21.1 Å². The van der Waals surface area contributed by atoms with Crippen LogP contribution in [0.4, 0.5) is 13.2 Å². The maximum Gasteiger partial charge on any atom is 0.434 e. The molecule has 0 aliphatic rings. The third-order valence-corrected chi connectivity index (χ3v) is 7.53. The van der Waals surface area contributed by atoms with Crippen LogP contribution in [0, 0.1) is 6.92 Å². The molecular weight excluding hydrogens is 419 g/mol. The minimum absolute atomic E-state index is 0.0832. The van der Waals surface area contributed by atoms with E-state index in [1.807, 2.05) is 0 Å². The molecule has 0 saturated heterocycles. The fourth-order valence-corrected chi connectivity index (χ4v) is 6.11. The topological polar surface area (TPSA) is 133 Å². The highest BCUT2D eigenvalue weighted by Crippen LogP contribution is 2.36. The zero-order chi connectivity index (χ0) is 21.9. The van der Waals surface area contributed by atoms with Crippen molar-refractivity contribution in [2.24, 2.45) is 11.5 Å². The zero-order valence-corrected chi connectivity index (χ0v) is 17.4. The predicted molar refractivity (Wildman–Crippen MR) is 99.7 cm³/mol. The molecule has 1 rings (SSSR count). The summed E-state index contributed by atoms with van der Waals surface area (Å²) in [6.45, 7) is 4.78. The van der Waals surface area contributed by atoms with Crippen LogP contribution < -0.4 is 11.5 Å². The molecule has 1 amide bonds. The molecule has 0 saturated carbocycles. The van der Waals surface area contributed by atoms with Gasteiger partial charge in [0.05, 0.1) is 16.0 Å². The van der Waals surface area contributed by atoms with Crippen LogP contribution in [-0.4, -0.2) is 41.6 Å². The van der Waals surface area contributed by atoms with E-state index in [9.17, 15) is 31.2 Å². The molecule has 1 heterocycles. The molecule has 1 aromatic rings. The molecule has 0 aliphatic heterocycles. The summed E-state index contributed by atoms with van der Waals surface area (Å²) < 4.78 is 65.1. The van der Waals surface area contributed by atoms with Gasteiger partial charge in [-0.3, -0.25) is 9.59 Å². The van der Waals surface area contributed by atoms with Crippen LogP contribution in [0.5, 0.6) is 0 Å². The normalized spacial score (nSPS) is 14.9. The fourth-order valence-electron chi connectivity index (χ4n) is 2.81. The first-order chi connectivity index (χ1) is 12.7. The number of hydrogen-bond donors (Lipinski definition) is 2. The van der Waals surface area contributed by atoms with Crippen LogP contribution in [0.25, 0.3) is 0 Å². The van der Waals surface area contributed by atoms with E-state index in [0.717, 1.165) is 0 Å². The van der Waals surface area contributed by atoms with E-state index in [-0.39, 0.29) is 17.8 Å². The van der Waals surface area contributed by atoms with Gasteiger partial charge in [0.25, 0.3) is 0 Å². The molecule has 7 nitrogen and oxygen atoms in total. The number of aromatic nitrogens is 1. The van der Waals surface area contributed by atoms with Gasteiger partial charge < -0.3 is 11.5 Å². The van der Waals surface area contributed by atoms with Gasteiger partial charge >= 0.3 is 6.18 Å². The third kappa shape index (κ3) is 5.29. The van der Waals surface area contributed by atoms with Crippen molar-refractivity contribution in [2.45, 2.75) is 63.4 Å². The van der Waals surface area contributed by atoms with Crippen LogP contribution in [0.15, 0.2) is 0 Å². The Morgan fingerprint density at radius 2 is 1.68 bits per heavy atom. The number of sulfone groups is 1. The monoisotopic (exact) mass is 443 g/mol. The number of amides is 1. The van der Waals surface area contributed by atoms with Gasteiger partial charge in [-0.1, -0.05) is 26.7 Å². The predicted octanol–water partition coefficient (Wildman–Crippen LogP) is 2.22. The Kier molecular flexibility index (Phi) is 7.76. The second-order valence-electron chi connectivity index (χ2n) is 6.58. The molecule has 0 fully saturated rings.